The average Bonchev–Trinajstić information content (AvgIpc) is 3.15. The van der Waals surface area contributed by atoms with Crippen molar-refractivity contribution < 1.29 is 5.11 Å². The molecule has 0 aliphatic carbocycles. The second kappa shape index (κ2) is 6.78. The van der Waals surface area contributed by atoms with E-state index in [1.54, 1.807) is 4.68 Å². The van der Waals surface area contributed by atoms with E-state index in [0.717, 1.165) is 30.7 Å². The number of aromatic nitrogens is 4. The van der Waals surface area contributed by atoms with E-state index in [4.69, 9.17) is 0 Å². The topological polar surface area (TPSA) is 79.1 Å². The quantitative estimate of drug-likeness (QED) is 0.732. The van der Waals surface area contributed by atoms with Crippen LogP contribution in [-0.2, 0) is 13.6 Å². The van der Waals surface area contributed by atoms with Gasteiger partial charge in [-0.05, 0) is 12.0 Å². The third kappa shape index (κ3) is 3.47. The highest BCUT2D eigenvalue weighted by molar-refractivity contribution is 5.85. The SMILES string of the molecule is Cn1cc2c(NCC3CC(O)CN3Cc3ccccc3)ncnc2n1. The molecule has 1 fully saturated rings. The van der Waals surface area contributed by atoms with Crippen LogP contribution in [-0.4, -0.2) is 55.0 Å². The van der Waals surface area contributed by atoms with Gasteiger partial charge < -0.3 is 10.4 Å². The fourth-order valence-electron chi connectivity index (χ4n) is 3.49. The average molecular weight is 338 g/mol. The molecule has 1 saturated heterocycles. The van der Waals surface area contributed by atoms with E-state index >= 15 is 0 Å². The van der Waals surface area contributed by atoms with Gasteiger partial charge in [0, 0.05) is 38.9 Å². The number of β-amino-alcohol motifs (C(OH)–C–C–N with tert-alkyl or cyclic N) is 1. The van der Waals surface area contributed by atoms with Gasteiger partial charge in [-0.25, -0.2) is 9.97 Å². The van der Waals surface area contributed by atoms with Crippen LogP contribution in [0.4, 0.5) is 5.82 Å². The lowest BCUT2D eigenvalue weighted by Crippen LogP contribution is -2.34. The highest BCUT2D eigenvalue weighted by Crippen LogP contribution is 2.23. The van der Waals surface area contributed by atoms with E-state index in [2.05, 4.69) is 49.5 Å². The zero-order valence-corrected chi connectivity index (χ0v) is 14.2. The molecular weight excluding hydrogens is 316 g/mol. The van der Waals surface area contributed by atoms with E-state index in [-0.39, 0.29) is 12.1 Å². The van der Waals surface area contributed by atoms with Gasteiger partial charge in [-0.1, -0.05) is 30.3 Å². The third-order valence-electron chi connectivity index (χ3n) is 4.67. The van der Waals surface area contributed by atoms with Crippen molar-refractivity contribution in [1.29, 1.82) is 0 Å². The zero-order chi connectivity index (χ0) is 17.2. The Bertz CT molecular complexity index is 849. The lowest BCUT2D eigenvalue weighted by molar-refractivity contribution is 0.173. The number of nitrogens with one attached hydrogen (secondary N) is 1. The number of nitrogens with zero attached hydrogens (tertiary/aromatic N) is 5. The van der Waals surface area contributed by atoms with E-state index < -0.39 is 0 Å². The van der Waals surface area contributed by atoms with E-state index in [0.29, 0.717) is 12.2 Å². The molecule has 130 valence electrons. The summed E-state index contributed by atoms with van der Waals surface area (Å²) in [6.07, 6.45) is 3.94. The predicted molar refractivity (Wildman–Crippen MR) is 96.1 cm³/mol. The van der Waals surface area contributed by atoms with E-state index in [9.17, 15) is 5.11 Å². The summed E-state index contributed by atoms with van der Waals surface area (Å²) in [5, 5.41) is 18.8. The maximum Gasteiger partial charge on any atom is 0.186 e. The summed E-state index contributed by atoms with van der Waals surface area (Å²) in [5.41, 5.74) is 1.95. The molecule has 2 unspecified atom stereocenters. The minimum atomic E-state index is -0.278. The van der Waals surface area contributed by atoms with Gasteiger partial charge in [0.15, 0.2) is 5.65 Å². The Labute approximate surface area is 146 Å². The van der Waals surface area contributed by atoms with Crippen molar-refractivity contribution in [2.24, 2.45) is 7.05 Å². The Balaban J connectivity index is 1.46. The molecule has 0 amide bonds. The Morgan fingerprint density at radius 2 is 2.08 bits per heavy atom. The van der Waals surface area contributed by atoms with Gasteiger partial charge in [0.05, 0.1) is 11.5 Å². The molecule has 1 aliphatic rings. The molecule has 2 N–H and O–H groups in total. The Morgan fingerprint density at radius 3 is 2.92 bits per heavy atom. The normalized spacial score (nSPS) is 21.0. The van der Waals surface area contributed by atoms with Gasteiger partial charge in [0.1, 0.15) is 12.1 Å². The molecule has 0 bridgehead atoms. The van der Waals surface area contributed by atoms with Crippen LogP contribution >= 0.6 is 0 Å². The van der Waals surface area contributed by atoms with Crippen molar-refractivity contribution in [1.82, 2.24) is 24.6 Å². The lowest BCUT2D eigenvalue weighted by atomic mass is 10.1. The number of likely N-dealkylation sites (tertiary alicyclic amines) is 1. The van der Waals surface area contributed by atoms with Crippen LogP contribution in [0.1, 0.15) is 12.0 Å². The minimum Gasteiger partial charge on any atom is -0.392 e. The van der Waals surface area contributed by atoms with Crippen molar-refractivity contribution in [3.05, 3.63) is 48.4 Å². The first-order valence-corrected chi connectivity index (χ1v) is 8.53. The zero-order valence-electron chi connectivity index (χ0n) is 14.2. The molecule has 0 saturated carbocycles. The summed E-state index contributed by atoms with van der Waals surface area (Å²) in [7, 11) is 1.88. The van der Waals surface area contributed by atoms with E-state index in [1.165, 1.54) is 11.9 Å². The summed E-state index contributed by atoms with van der Waals surface area (Å²) < 4.78 is 1.74. The van der Waals surface area contributed by atoms with Crippen LogP contribution in [0.2, 0.25) is 0 Å². The minimum absolute atomic E-state index is 0.261. The number of hydrogen-bond acceptors (Lipinski definition) is 6. The van der Waals surface area contributed by atoms with Crippen LogP contribution in [0.25, 0.3) is 11.0 Å². The molecule has 3 heterocycles. The lowest BCUT2D eigenvalue weighted by Gasteiger charge is -2.24. The first kappa shape index (κ1) is 16.0. The second-order valence-electron chi connectivity index (χ2n) is 6.60. The monoisotopic (exact) mass is 338 g/mol. The van der Waals surface area contributed by atoms with Gasteiger partial charge in [-0.2, -0.15) is 5.10 Å². The summed E-state index contributed by atoms with van der Waals surface area (Å²) in [4.78, 5) is 10.9. The fourth-order valence-corrected chi connectivity index (χ4v) is 3.49. The van der Waals surface area contributed by atoms with Crippen LogP contribution in [0, 0.1) is 0 Å². The molecule has 1 aliphatic heterocycles. The van der Waals surface area contributed by atoms with E-state index in [1.807, 2.05) is 19.3 Å². The highest BCUT2D eigenvalue weighted by atomic mass is 16.3. The maximum atomic E-state index is 10.1. The van der Waals surface area contributed by atoms with Gasteiger partial charge in [-0.15, -0.1) is 0 Å². The first-order valence-electron chi connectivity index (χ1n) is 8.53. The molecule has 2 aromatic heterocycles. The molecule has 2 atom stereocenters. The number of rotatable bonds is 5. The maximum absolute atomic E-state index is 10.1. The number of anilines is 1. The highest BCUT2D eigenvalue weighted by Gasteiger charge is 2.30. The number of aliphatic hydroxyl groups excluding tert-OH is 1. The molecule has 7 nitrogen and oxygen atoms in total. The molecule has 3 aromatic rings. The molecule has 0 radical (unpaired) electrons. The molecular formula is C18H22N6O. The largest absolute Gasteiger partial charge is 0.392 e. The van der Waals surface area contributed by atoms with Crippen molar-refractivity contribution in [2.75, 3.05) is 18.4 Å². The van der Waals surface area contributed by atoms with Gasteiger partial charge in [-0.3, -0.25) is 9.58 Å². The predicted octanol–water partition coefficient (Wildman–Crippen LogP) is 1.41. The summed E-state index contributed by atoms with van der Waals surface area (Å²) >= 11 is 0. The van der Waals surface area contributed by atoms with Gasteiger partial charge >= 0.3 is 0 Å². The first-order chi connectivity index (χ1) is 12.2. The summed E-state index contributed by atoms with van der Waals surface area (Å²) in [5.74, 6) is 0.791. The second-order valence-corrected chi connectivity index (χ2v) is 6.60. The number of aryl methyl sites for hydroxylation is 1. The van der Waals surface area contributed by atoms with Crippen molar-refractivity contribution in [3.8, 4) is 0 Å². The molecule has 1 aromatic carbocycles. The standard InChI is InChI=1S/C18H22N6O/c1-23-11-16-17(20-12-21-18(16)22-23)19-8-14-7-15(25)10-24(14)9-13-5-3-2-4-6-13/h2-6,11-12,14-15,25H,7-10H2,1H3,(H,19,20,21,22). The van der Waals surface area contributed by atoms with Gasteiger partial charge in [0.2, 0.25) is 0 Å². The van der Waals surface area contributed by atoms with Crippen LogP contribution in [0.3, 0.4) is 0 Å². The molecule has 0 spiro atoms. The number of fused-ring (bicyclic) bond motifs is 1. The Hall–Kier alpha value is -2.51. The number of benzene rings is 1. The summed E-state index contributed by atoms with van der Waals surface area (Å²) in [6, 6.07) is 10.6. The van der Waals surface area contributed by atoms with Crippen molar-refractivity contribution >= 4 is 16.9 Å². The van der Waals surface area contributed by atoms with Crippen molar-refractivity contribution in [3.63, 3.8) is 0 Å². The van der Waals surface area contributed by atoms with Crippen LogP contribution in [0.15, 0.2) is 42.9 Å². The Morgan fingerprint density at radius 1 is 1.24 bits per heavy atom. The summed E-state index contributed by atoms with van der Waals surface area (Å²) in [6.45, 7) is 2.27. The van der Waals surface area contributed by atoms with Crippen LogP contribution in [0.5, 0.6) is 0 Å². The fraction of sp³-hybridized carbons (Fsp3) is 0.389. The molecule has 7 heteroatoms. The molecule has 25 heavy (non-hydrogen) atoms. The van der Waals surface area contributed by atoms with Crippen molar-refractivity contribution in [2.45, 2.75) is 25.1 Å². The molecule has 4 rings (SSSR count). The Kier molecular flexibility index (Phi) is 4.33. The number of hydrogen-bond donors (Lipinski definition) is 2. The third-order valence-corrected chi connectivity index (χ3v) is 4.67. The van der Waals surface area contributed by atoms with Gasteiger partial charge in [0.25, 0.3) is 0 Å². The number of aliphatic hydroxyl groups is 1. The van der Waals surface area contributed by atoms with Crippen LogP contribution < -0.4 is 5.32 Å². The smallest absolute Gasteiger partial charge is 0.186 e.